The van der Waals surface area contributed by atoms with Gasteiger partial charge in [-0.05, 0) is 149 Å². The number of allylic oxidation sites excluding steroid dienone is 2. The third-order valence-electron chi connectivity index (χ3n) is 14.2. The van der Waals surface area contributed by atoms with Crippen LogP contribution in [0.5, 0.6) is 11.5 Å². The molecule has 2 aliphatic heterocycles. The molecule has 0 radical (unpaired) electrons. The molecular weight excluding hydrogens is 941 g/mol. The van der Waals surface area contributed by atoms with Gasteiger partial charge < -0.3 is 19.3 Å². The van der Waals surface area contributed by atoms with Crippen molar-refractivity contribution in [3.63, 3.8) is 0 Å². The average Bonchev–Trinajstić information content (AvgIpc) is 3.92. The summed E-state index contributed by atoms with van der Waals surface area (Å²) >= 11 is 1.81. The summed E-state index contributed by atoms with van der Waals surface area (Å²) in [5, 5.41) is 0. The summed E-state index contributed by atoms with van der Waals surface area (Å²) in [5.41, 5.74) is 11.8. The Morgan fingerprint density at radius 1 is 0.542 bits per heavy atom. The Kier molecular flexibility index (Phi) is 15.1. The Bertz CT molecular complexity index is 3230. The summed E-state index contributed by atoms with van der Waals surface area (Å²) in [6, 6.07) is 46.0. The van der Waals surface area contributed by atoms with E-state index in [1.807, 2.05) is 72.4 Å². The van der Waals surface area contributed by atoms with E-state index in [4.69, 9.17) is 9.47 Å². The lowest BCUT2D eigenvalue weighted by Gasteiger charge is -2.24. The molecular formula is C60H58N2O8S2. The number of carbonyl (C=O) groups is 4. The van der Waals surface area contributed by atoms with Crippen molar-refractivity contribution in [1.29, 1.82) is 0 Å². The average molecular weight is 999 g/mol. The summed E-state index contributed by atoms with van der Waals surface area (Å²) < 4.78 is 37.3. The van der Waals surface area contributed by atoms with Crippen LogP contribution in [0.3, 0.4) is 0 Å². The number of rotatable bonds is 6. The Morgan fingerprint density at radius 2 is 1.01 bits per heavy atom. The molecule has 0 saturated carbocycles. The number of amides is 2. The Morgan fingerprint density at radius 3 is 1.54 bits per heavy atom. The van der Waals surface area contributed by atoms with E-state index in [2.05, 4.69) is 42.5 Å². The lowest BCUT2D eigenvalue weighted by molar-refractivity contribution is -0.127. The normalized spacial score (nSPS) is 18.2. The van der Waals surface area contributed by atoms with Crippen LogP contribution in [-0.4, -0.2) is 71.6 Å². The molecule has 2 heterocycles. The zero-order chi connectivity index (χ0) is 50.5. The molecule has 2 amide bonds. The maximum absolute atomic E-state index is 13.7. The van der Waals surface area contributed by atoms with Crippen LogP contribution in [0.15, 0.2) is 167 Å². The van der Waals surface area contributed by atoms with E-state index < -0.39 is 21.7 Å². The largest absolute Gasteiger partial charge is 0.497 e. The van der Waals surface area contributed by atoms with Crippen molar-refractivity contribution in [2.24, 2.45) is 11.8 Å². The first-order valence-corrected chi connectivity index (χ1v) is 26.9. The fraction of sp³-hybridized carbons (Fsp3) is 0.267. The van der Waals surface area contributed by atoms with Gasteiger partial charge in [-0.1, -0.05) is 78.4 Å². The molecule has 0 aromatic heterocycles. The molecule has 4 aliphatic rings. The summed E-state index contributed by atoms with van der Waals surface area (Å²) in [7, 11) is 3.06. The highest BCUT2D eigenvalue weighted by Gasteiger charge is 2.33. The van der Waals surface area contributed by atoms with E-state index >= 15 is 0 Å². The second-order valence-electron chi connectivity index (χ2n) is 19.0. The van der Waals surface area contributed by atoms with Gasteiger partial charge >= 0.3 is 0 Å². The second kappa shape index (κ2) is 21.8. The molecule has 12 heteroatoms. The zero-order valence-electron chi connectivity index (χ0n) is 41.1. The summed E-state index contributed by atoms with van der Waals surface area (Å²) in [5.74, 6) is 0.963. The molecule has 2 atom stereocenters. The number of ketones is 2. The fourth-order valence-electron chi connectivity index (χ4n) is 10.4. The first kappa shape index (κ1) is 49.9. The van der Waals surface area contributed by atoms with Gasteiger partial charge in [-0.15, -0.1) is 11.8 Å². The lowest BCUT2D eigenvalue weighted by atomic mass is 9.89. The van der Waals surface area contributed by atoms with Crippen LogP contribution in [0.1, 0.15) is 59.1 Å². The second-order valence-corrected chi connectivity index (χ2v) is 22.0. The smallest absolute Gasteiger partial charge is 0.230 e. The van der Waals surface area contributed by atoms with Gasteiger partial charge in [0, 0.05) is 73.6 Å². The lowest BCUT2D eigenvalue weighted by Crippen LogP contribution is -2.35. The van der Waals surface area contributed by atoms with Gasteiger partial charge in [0.05, 0.1) is 24.9 Å². The number of Topliss-reactive ketones (excluding diaryl/α,β-unsaturated/α-hetero) is 2. The minimum atomic E-state index is -3.62. The predicted molar refractivity (Wildman–Crippen MR) is 285 cm³/mol. The van der Waals surface area contributed by atoms with E-state index in [0.29, 0.717) is 30.7 Å². The molecule has 10 nitrogen and oxygen atoms in total. The number of hydrogen-bond acceptors (Lipinski definition) is 9. The van der Waals surface area contributed by atoms with Crippen molar-refractivity contribution in [1.82, 2.24) is 0 Å². The number of sulfone groups is 1. The molecule has 0 saturated heterocycles. The molecule has 0 spiro atoms. The summed E-state index contributed by atoms with van der Waals surface area (Å²) in [6.07, 6.45) is 3.04. The predicted octanol–water partition coefficient (Wildman–Crippen LogP) is 10.6. The Hall–Kier alpha value is -7.02. The number of fused-ring (bicyclic) bond motifs is 8. The first-order valence-electron chi connectivity index (χ1n) is 24.2. The highest BCUT2D eigenvalue weighted by Crippen LogP contribution is 2.40. The molecule has 72 heavy (non-hydrogen) atoms. The fourth-order valence-corrected chi connectivity index (χ4v) is 12.9. The van der Waals surface area contributed by atoms with Gasteiger partial charge in [-0.2, -0.15) is 0 Å². The van der Waals surface area contributed by atoms with E-state index in [1.165, 1.54) is 21.6 Å². The standard InChI is InChI=1S/C30H29NO5S.C30H29NO3S/c1-31(24-10-12-26(36-2)13-11-24)30(33)22-14-20-6-5-8-27(15-20)37(34,35)19-23-16-21-7-3-4-9-28(21)29(23)18-25(32)17-22;1-31(24-10-12-26(34-2)13-11-24)30(33)22-14-20-6-5-8-27(15-20)35-19-23-16-21-7-3-4-9-28(21)29(23)18-25(32)17-22/h3-13,15,22H,14,16-19H2,1-2H3;3-13,15,22H,14,16-19H2,1-2H3/t2*22-/m11/s1. The van der Waals surface area contributed by atoms with Crippen LogP contribution < -0.4 is 19.3 Å². The van der Waals surface area contributed by atoms with Crippen LogP contribution in [-0.2, 0) is 54.7 Å². The molecule has 10 rings (SSSR count). The maximum Gasteiger partial charge on any atom is 0.230 e. The molecule has 368 valence electrons. The quantitative estimate of drug-likeness (QED) is 0.160. The van der Waals surface area contributed by atoms with E-state index in [1.54, 1.807) is 80.6 Å². The maximum atomic E-state index is 13.7. The minimum Gasteiger partial charge on any atom is -0.497 e. The van der Waals surface area contributed by atoms with Crippen LogP contribution in [0.4, 0.5) is 11.4 Å². The number of nitrogens with zero attached hydrogens (tertiary/aromatic N) is 2. The van der Waals surface area contributed by atoms with E-state index in [-0.39, 0.29) is 59.7 Å². The van der Waals surface area contributed by atoms with Crippen LogP contribution in [0.25, 0.3) is 11.1 Å². The minimum absolute atomic E-state index is 0.0420. The Labute approximate surface area is 426 Å². The van der Waals surface area contributed by atoms with Gasteiger partial charge in [0.25, 0.3) is 0 Å². The molecule has 0 fully saturated rings. The van der Waals surface area contributed by atoms with Gasteiger partial charge in [-0.3, -0.25) is 19.2 Å². The zero-order valence-corrected chi connectivity index (χ0v) is 42.7. The van der Waals surface area contributed by atoms with Crippen molar-refractivity contribution < 1.29 is 37.1 Å². The van der Waals surface area contributed by atoms with Crippen LogP contribution >= 0.6 is 11.8 Å². The number of benzene rings is 6. The van der Waals surface area contributed by atoms with Crippen LogP contribution in [0.2, 0.25) is 0 Å². The highest BCUT2D eigenvalue weighted by atomic mass is 32.2. The van der Waals surface area contributed by atoms with Gasteiger partial charge in [0.2, 0.25) is 11.8 Å². The molecule has 0 N–H and O–H groups in total. The monoisotopic (exact) mass is 998 g/mol. The third-order valence-corrected chi connectivity index (χ3v) is 17.0. The van der Waals surface area contributed by atoms with Crippen molar-refractivity contribution >= 4 is 67.5 Å². The number of carbonyl (C=O) groups excluding carboxylic acids is 4. The molecule has 4 bridgehead atoms. The molecule has 2 aliphatic carbocycles. The summed E-state index contributed by atoms with van der Waals surface area (Å²) in [4.78, 5) is 58.8. The molecule has 6 aromatic carbocycles. The molecule has 6 aromatic rings. The third kappa shape index (κ3) is 11.2. The van der Waals surface area contributed by atoms with Gasteiger partial charge in [-0.25, -0.2) is 8.42 Å². The van der Waals surface area contributed by atoms with E-state index in [0.717, 1.165) is 62.6 Å². The number of ether oxygens (including phenoxy) is 2. The van der Waals surface area contributed by atoms with E-state index in [9.17, 15) is 27.6 Å². The van der Waals surface area contributed by atoms with Crippen LogP contribution in [0, 0.1) is 11.8 Å². The Balaban J connectivity index is 0.000000178. The number of methoxy groups -OCH3 is 2. The highest BCUT2D eigenvalue weighted by molar-refractivity contribution is 7.99. The van der Waals surface area contributed by atoms with Crippen molar-refractivity contribution in [2.75, 3.05) is 49.6 Å². The first-order chi connectivity index (χ1) is 34.8. The van der Waals surface area contributed by atoms with Gasteiger partial charge in [0.1, 0.15) is 23.1 Å². The number of thioether (sulfide) groups is 1. The van der Waals surface area contributed by atoms with Gasteiger partial charge in [0.15, 0.2) is 9.84 Å². The van der Waals surface area contributed by atoms with Crippen molar-refractivity contribution in [3.05, 3.63) is 190 Å². The SMILES string of the molecule is COc1ccc(N(C)C(=O)[C@H]2CC(=O)CC3=C(CSc4cccc(c4)C2)Cc2ccccc23)cc1.COc1ccc(N(C)C(=O)[C@H]2CC(=O)CC3=C(Cc4ccccc43)CS(=O)(=O)c3cccc(c3)C2)cc1. The van der Waals surface area contributed by atoms with Crippen molar-refractivity contribution in [3.8, 4) is 11.5 Å². The van der Waals surface area contributed by atoms with Crippen molar-refractivity contribution in [2.45, 2.75) is 61.2 Å². The summed E-state index contributed by atoms with van der Waals surface area (Å²) in [6.45, 7) is 0. The number of anilines is 2. The topological polar surface area (TPSA) is 127 Å². The number of hydrogen-bond donors (Lipinski definition) is 0. The molecule has 0 unspecified atom stereocenters.